The normalized spacial score (nSPS) is 13.6. The van der Waals surface area contributed by atoms with E-state index in [4.69, 9.17) is 19.9 Å². The van der Waals surface area contributed by atoms with Crippen LogP contribution in [0.2, 0.25) is 0 Å². The van der Waals surface area contributed by atoms with Gasteiger partial charge in [-0.3, -0.25) is 0 Å². The van der Waals surface area contributed by atoms with Crippen LogP contribution in [0.1, 0.15) is 32.3 Å². The van der Waals surface area contributed by atoms with E-state index in [1.165, 1.54) is 22.3 Å². The Bertz CT molecular complexity index is 3450. The highest BCUT2D eigenvalue weighted by atomic mass is 14.9. The molecule has 10 aromatic rings. The molecule has 8 aromatic carbocycles. The summed E-state index contributed by atoms with van der Waals surface area (Å²) in [5.41, 5.74) is 20.2. The van der Waals surface area contributed by atoms with Gasteiger partial charge >= 0.3 is 0 Å². The monoisotopic (exact) mass is 886 g/mol. The Hall–Kier alpha value is -8.60. The van der Waals surface area contributed by atoms with Crippen molar-refractivity contribution in [2.45, 2.75) is 26.7 Å². The number of hydrogen-bond acceptors (Lipinski definition) is 4. The summed E-state index contributed by atoms with van der Waals surface area (Å²) in [5, 5.41) is 0. The van der Waals surface area contributed by atoms with Crippen molar-refractivity contribution in [1.82, 2.24) is 19.9 Å². The Morgan fingerprint density at radius 3 is 1.36 bits per heavy atom. The van der Waals surface area contributed by atoms with E-state index in [1.54, 1.807) is 0 Å². The predicted molar refractivity (Wildman–Crippen MR) is 287 cm³/mol. The van der Waals surface area contributed by atoms with E-state index in [2.05, 4.69) is 208 Å². The van der Waals surface area contributed by atoms with Crippen LogP contribution in [0.5, 0.6) is 0 Å². The highest BCUT2D eigenvalue weighted by Crippen LogP contribution is 2.42. The topological polar surface area (TPSA) is 51.6 Å². The highest BCUT2D eigenvalue weighted by Gasteiger charge is 2.20. The maximum Gasteiger partial charge on any atom is 0.160 e. The maximum atomic E-state index is 5.32. The summed E-state index contributed by atoms with van der Waals surface area (Å²) in [7, 11) is 0. The van der Waals surface area contributed by atoms with E-state index in [1.807, 2.05) is 42.5 Å². The fourth-order valence-electron chi connectivity index (χ4n) is 9.38. The van der Waals surface area contributed by atoms with Crippen LogP contribution >= 0.6 is 0 Å². The van der Waals surface area contributed by atoms with Crippen LogP contribution in [0.4, 0.5) is 0 Å². The molecule has 2 aromatic heterocycles. The molecule has 4 heteroatoms. The average Bonchev–Trinajstić information content (AvgIpc) is 3.60. The van der Waals surface area contributed by atoms with Crippen LogP contribution in [-0.4, -0.2) is 19.9 Å². The molecule has 0 saturated heterocycles. The second-order valence-electron chi connectivity index (χ2n) is 17.9. The molecule has 0 radical (unpaired) electrons. The number of rotatable bonds is 10. The van der Waals surface area contributed by atoms with Gasteiger partial charge in [-0.15, -0.1) is 0 Å². The predicted octanol–water partition coefficient (Wildman–Crippen LogP) is 17.0. The quantitative estimate of drug-likeness (QED) is 0.137. The first-order chi connectivity index (χ1) is 34.0. The fourth-order valence-corrected chi connectivity index (χ4v) is 9.38. The summed E-state index contributed by atoms with van der Waals surface area (Å²) in [5.74, 6) is 1.88. The number of benzene rings is 8. The molecule has 1 aliphatic carbocycles. The van der Waals surface area contributed by atoms with Gasteiger partial charge < -0.3 is 0 Å². The van der Waals surface area contributed by atoms with E-state index < -0.39 is 0 Å². The smallest absolute Gasteiger partial charge is 0.160 e. The van der Waals surface area contributed by atoms with Gasteiger partial charge in [0.2, 0.25) is 0 Å². The zero-order chi connectivity index (χ0) is 46.5. The van der Waals surface area contributed by atoms with Crippen molar-refractivity contribution in [2.24, 2.45) is 5.92 Å². The molecule has 11 rings (SSSR count). The number of allylic oxidation sites excluding steroid dienone is 4. The molecule has 0 amide bonds. The molecule has 0 fully saturated rings. The third kappa shape index (κ3) is 9.26. The lowest BCUT2D eigenvalue weighted by Gasteiger charge is -2.19. The van der Waals surface area contributed by atoms with Crippen molar-refractivity contribution in [1.29, 1.82) is 0 Å². The van der Waals surface area contributed by atoms with Gasteiger partial charge in [0.15, 0.2) is 11.6 Å². The molecule has 330 valence electrons. The fraction of sp³-hybridized carbons (Fsp3) is 0.0769. The Labute approximate surface area is 405 Å². The van der Waals surface area contributed by atoms with Crippen LogP contribution in [-0.2, 0) is 0 Å². The third-order valence-corrected chi connectivity index (χ3v) is 13.2. The summed E-state index contributed by atoms with van der Waals surface area (Å²) in [6.07, 6.45) is 6.90. The largest absolute Gasteiger partial charge is 0.228 e. The lowest BCUT2D eigenvalue weighted by Crippen LogP contribution is -1.98. The molecule has 1 aliphatic rings. The number of hydrogen-bond donors (Lipinski definition) is 0. The third-order valence-electron chi connectivity index (χ3n) is 13.2. The van der Waals surface area contributed by atoms with Gasteiger partial charge in [0.05, 0.1) is 22.8 Å². The highest BCUT2D eigenvalue weighted by molar-refractivity contribution is 5.95. The molecular formula is C65H50N4. The van der Waals surface area contributed by atoms with Gasteiger partial charge in [-0.25, -0.2) is 19.9 Å². The van der Waals surface area contributed by atoms with Crippen molar-refractivity contribution >= 4 is 5.57 Å². The van der Waals surface area contributed by atoms with E-state index in [-0.39, 0.29) is 0 Å². The molecule has 2 heterocycles. The van der Waals surface area contributed by atoms with E-state index in [9.17, 15) is 0 Å². The van der Waals surface area contributed by atoms with Gasteiger partial charge in [0, 0.05) is 33.4 Å². The van der Waals surface area contributed by atoms with Gasteiger partial charge in [0.1, 0.15) is 0 Å². The minimum absolute atomic E-state index is 0.501. The summed E-state index contributed by atoms with van der Waals surface area (Å²) in [4.78, 5) is 20.9. The maximum absolute atomic E-state index is 5.32. The standard InChI is InChI=1S/C65H50N4/c1-44-33-35-45(2)55(37-34-44)57-38-36-52(41-59(57)56-31-15-16-32-58(56)63-43-60(47-21-9-4-10-22-47)66-65(69-63)49-25-13-6-14-26-49)51-28-18-30-54(40-51)62-42-61(67-64(68-62)48-23-11-5-12-24-48)53-29-17-27-50(39-53)46-19-7-3-8-20-46/h3-32,34,36-44H,33,35H2,1-2H3. The molecule has 0 saturated carbocycles. The van der Waals surface area contributed by atoms with Gasteiger partial charge in [-0.05, 0) is 101 Å². The van der Waals surface area contributed by atoms with E-state index >= 15 is 0 Å². The summed E-state index contributed by atoms with van der Waals surface area (Å²) in [6, 6.07) is 78.8. The van der Waals surface area contributed by atoms with Crippen molar-refractivity contribution in [3.63, 3.8) is 0 Å². The first-order valence-corrected chi connectivity index (χ1v) is 23.8. The average molecular weight is 887 g/mol. The SMILES string of the molecule is CC1=C(c2ccc(-c3cccc(-c4cc(-c5cccc(-c6ccccc6)c5)nc(-c5ccccc5)n4)c3)cc2-c2ccccc2-c2cc(-c3ccccc3)nc(-c3ccccc3)n2)C=CC(C)CC1. The van der Waals surface area contributed by atoms with Gasteiger partial charge in [-0.2, -0.15) is 0 Å². The zero-order valence-corrected chi connectivity index (χ0v) is 38.8. The molecule has 69 heavy (non-hydrogen) atoms. The molecule has 0 bridgehead atoms. The first kappa shape index (κ1) is 43.0. The minimum atomic E-state index is 0.501. The summed E-state index contributed by atoms with van der Waals surface area (Å²) < 4.78 is 0. The molecule has 0 spiro atoms. The zero-order valence-electron chi connectivity index (χ0n) is 38.8. The molecule has 0 N–H and O–H groups in total. The first-order valence-electron chi connectivity index (χ1n) is 23.8. The molecule has 1 atom stereocenters. The van der Waals surface area contributed by atoms with Gasteiger partial charge in [0.25, 0.3) is 0 Å². The van der Waals surface area contributed by atoms with Crippen molar-refractivity contribution in [3.05, 3.63) is 248 Å². The molecule has 4 nitrogen and oxygen atoms in total. The lowest BCUT2D eigenvalue weighted by atomic mass is 9.86. The minimum Gasteiger partial charge on any atom is -0.228 e. The van der Waals surface area contributed by atoms with Crippen molar-refractivity contribution < 1.29 is 0 Å². The van der Waals surface area contributed by atoms with Crippen LogP contribution in [0.3, 0.4) is 0 Å². The van der Waals surface area contributed by atoms with Gasteiger partial charge in [-0.1, -0.05) is 219 Å². The van der Waals surface area contributed by atoms with Crippen molar-refractivity contribution in [2.75, 3.05) is 0 Å². The number of nitrogens with zero attached hydrogens (tertiary/aromatic N) is 4. The van der Waals surface area contributed by atoms with Crippen LogP contribution in [0.25, 0.3) is 107 Å². The molecular weight excluding hydrogens is 837 g/mol. The van der Waals surface area contributed by atoms with Crippen LogP contribution in [0.15, 0.2) is 242 Å². The Morgan fingerprint density at radius 2 is 0.768 bits per heavy atom. The van der Waals surface area contributed by atoms with Crippen LogP contribution in [0, 0.1) is 5.92 Å². The van der Waals surface area contributed by atoms with Crippen molar-refractivity contribution in [3.8, 4) is 101 Å². The molecule has 1 unspecified atom stereocenters. The Morgan fingerprint density at radius 1 is 0.333 bits per heavy atom. The number of aromatic nitrogens is 4. The second-order valence-corrected chi connectivity index (χ2v) is 17.9. The van der Waals surface area contributed by atoms with Crippen LogP contribution < -0.4 is 0 Å². The van der Waals surface area contributed by atoms with E-state index in [0.29, 0.717) is 17.6 Å². The Balaban J connectivity index is 1.06. The summed E-state index contributed by atoms with van der Waals surface area (Å²) in [6.45, 7) is 4.61. The van der Waals surface area contributed by atoms with E-state index in [0.717, 1.165) is 96.8 Å². The Kier molecular flexibility index (Phi) is 12.0. The second kappa shape index (κ2) is 19.3. The summed E-state index contributed by atoms with van der Waals surface area (Å²) >= 11 is 0. The molecule has 0 aliphatic heterocycles. The lowest BCUT2D eigenvalue weighted by molar-refractivity contribution is 0.650.